The van der Waals surface area contributed by atoms with Gasteiger partial charge in [0.1, 0.15) is 6.04 Å². The molecule has 1 rings (SSSR count). The zero-order valence-corrected chi connectivity index (χ0v) is 13.4. The minimum absolute atomic E-state index is 0.0929. The van der Waals surface area contributed by atoms with Crippen molar-refractivity contribution in [3.8, 4) is 5.75 Å². The highest BCUT2D eigenvalue weighted by atomic mass is 16.6. The Balaban J connectivity index is 2.85. The molecule has 0 aromatic heterocycles. The van der Waals surface area contributed by atoms with Crippen molar-refractivity contribution in [3.05, 3.63) is 33.9 Å². The molecule has 23 heavy (non-hydrogen) atoms. The van der Waals surface area contributed by atoms with Crippen LogP contribution in [-0.2, 0) is 4.79 Å². The van der Waals surface area contributed by atoms with Gasteiger partial charge in [-0.25, -0.2) is 0 Å². The number of rotatable bonds is 8. The van der Waals surface area contributed by atoms with Gasteiger partial charge in [-0.05, 0) is 32.4 Å². The number of nitro groups is 1. The highest BCUT2D eigenvalue weighted by Crippen LogP contribution is 2.27. The van der Waals surface area contributed by atoms with Crippen LogP contribution >= 0.6 is 0 Å². The van der Waals surface area contributed by atoms with E-state index in [4.69, 9.17) is 4.74 Å². The molecule has 0 aliphatic rings. The number of nitro benzene ring substituents is 1. The van der Waals surface area contributed by atoms with E-state index >= 15 is 0 Å². The molecule has 0 unspecified atom stereocenters. The second kappa shape index (κ2) is 8.72. The topological polar surface area (TPSA) is 111 Å². The molecule has 0 bridgehead atoms. The lowest BCUT2D eigenvalue weighted by Gasteiger charge is -2.14. The average Bonchev–Trinajstić information content (AvgIpc) is 2.52. The number of nitrogens with zero attached hydrogens (tertiary/aromatic N) is 1. The van der Waals surface area contributed by atoms with Crippen LogP contribution in [0.5, 0.6) is 5.75 Å². The number of nitrogens with one attached hydrogen (secondary N) is 2. The molecule has 1 atom stereocenters. The molecule has 2 N–H and O–H groups in total. The van der Waals surface area contributed by atoms with Gasteiger partial charge < -0.3 is 15.4 Å². The maximum absolute atomic E-state index is 12.1. The van der Waals surface area contributed by atoms with E-state index in [1.807, 2.05) is 6.92 Å². The maximum atomic E-state index is 12.1. The normalized spacial score (nSPS) is 11.4. The Labute approximate surface area is 134 Å². The van der Waals surface area contributed by atoms with Crippen LogP contribution in [0.15, 0.2) is 18.2 Å². The Hall–Kier alpha value is -2.64. The number of benzene rings is 1. The second-order valence-electron chi connectivity index (χ2n) is 4.86. The van der Waals surface area contributed by atoms with Crippen molar-refractivity contribution >= 4 is 17.5 Å². The highest BCUT2D eigenvalue weighted by Gasteiger charge is 2.21. The van der Waals surface area contributed by atoms with Gasteiger partial charge in [0.2, 0.25) is 5.91 Å². The second-order valence-corrected chi connectivity index (χ2v) is 4.86. The minimum Gasteiger partial charge on any atom is -0.487 e. The number of hydrogen-bond acceptors (Lipinski definition) is 5. The zero-order chi connectivity index (χ0) is 17.4. The van der Waals surface area contributed by atoms with Crippen molar-refractivity contribution < 1.29 is 19.2 Å². The van der Waals surface area contributed by atoms with Gasteiger partial charge in [-0.2, -0.15) is 0 Å². The molecule has 0 radical (unpaired) electrons. The van der Waals surface area contributed by atoms with Gasteiger partial charge in [-0.1, -0.05) is 6.92 Å². The zero-order valence-electron chi connectivity index (χ0n) is 13.4. The smallest absolute Gasteiger partial charge is 0.311 e. The summed E-state index contributed by atoms with van der Waals surface area (Å²) in [5, 5.41) is 16.2. The van der Waals surface area contributed by atoms with Crippen molar-refractivity contribution in [3.63, 3.8) is 0 Å². The maximum Gasteiger partial charge on any atom is 0.311 e. The summed E-state index contributed by atoms with van der Waals surface area (Å²) in [5.74, 6) is -0.765. The fourth-order valence-corrected chi connectivity index (χ4v) is 1.83. The molecule has 0 heterocycles. The average molecular weight is 323 g/mol. The first-order valence-corrected chi connectivity index (χ1v) is 7.40. The summed E-state index contributed by atoms with van der Waals surface area (Å²) in [6, 6.07) is 3.19. The van der Waals surface area contributed by atoms with E-state index in [-0.39, 0.29) is 29.5 Å². The summed E-state index contributed by atoms with van der Waals surface area (Å²) in [6.45, 7) is 5.98. The van der Waals surface area contributed by atoms with E-state index in [1.165, 1.54) is 12.1 Å². The summed E-state index contributed by atoms with van der Waals surface area (Å²) in [6.07, 6.45) is 0.789. The minimum atomic E-state index is -0.736. The first kappa shape index (κ1) is 18.4. The Morgan fingerprint density at radius 3 is 2.61 bits per heavy atom. The van der Waals surface area contributed by atoms with Crippen molar-refractivity contribution in [1.82, 2.24) is 10.6 Å². The Bertz CT molecular complexity index is 588. The molecule has 126 valence electrons. The summed E-state index contributed by atoms with van der Waals surface area (Å²) in [5.41, 5.74) is -0.196. The van der Waals surface area contributed by atoms with E-state index < -0.39 is 16.9 Å². The predicted octanol–water partition coefficient (Wildman–Crippen LogP) is 1.64. The van der Waals surface area contributed by atoms with Crippen LogP contribution in [0.2, 0.25) is 0 Å². The summed E-state index contributed by atoms with van der Waals surface area (Å²) < 4.78 is 5.16. The lowest BCUT2D eigenvalue weighted by molar-refractivity contribution is -0.385. The first-order valence-electron chi connectivity index (χ1n) is 7.40. The SMILES string of the molecule is CCCNC(=O)[C@H](C)NC(=O)c1ccc(OCC)c([N+](=O)[O-])c1. The van der Waals surface area contributed by atoms with Crippen LogP contribution in [0, 0.1) is 10.1 Å². The van der Waals surface area contributed by atoms with Crippen LogP contribution in [0.3, 0.4) is 0 Å². The fraction of sp³-hybridized carbons (Fsp3) is 0.467. The number of amides is 2. The van der Waals surface area contributed by atoms with Gasteiger partial charge >= 0.3 is 5.69 Å². The molecule has 0 aliphatic heterocycles. The Morgan fingerprint density at radius 1 is 1.35 bits per heavy atom. The highest BCUT2D eigenvalue weighted by molar-refractivity contribution is 5.98. The van der Waals surface area contributed by atoms with Crippen molar-refractivity contribution in [2.45, 2.75) is 33.2 Å². The molecule has 0 saturated carbocycles. The van der Waals surface area contributed by atoms with Gasteiger partial charge in [-0.3, -0.25) is 19.7 Å². The van der Waals surface area contributed by atoms with Gasteiger partial charge in [0.05, 0.1) is 11.5 Å². The number of carbonyl (C=O) groups excluding carboxylic acids is 2. The van der Waals surface area contributed by atoms with E-state index in [0.29, 0.717) is 6.54 Å². The van der Waals surface area contributed by atoms with Crippen molar-refractivity contribution in [1.29, 1.82) is 0 Å². The molecule has 8 nitrogen and oxygen atoms in total. The van der Waals surface area contributed by atoms with Crippen LogP contribution in [0.1, 0.15) is 37.6 Å². The standard InChI is InChI=1S/C15H21N3O5/c1-4-8-16-14(19)10(3)17-15(20)11-6-7-13(23-5-2)12(9-11)18(21)22/h6-7,9-10H,4-5,8H2,1-3H3,(H,16,19)(H,17,20)/t10-/m0/s1. The number of ether oxygens (including phenoxy) is 1. The number of hydrogen-bond donors (Lipinski definition) is 2. The Kier molecular flexibility index (Phi) is 6.98. The van der Waals surface area contributed by atoms with Crippen LogP contribution in [-0.4, -0.2) is 35.9 Å². The third-order valence-corrected chi connectivity index (χ3v) is 3.01. The molecular weight excluding hydrogens is 302 g/mol. The van der Waals surface area contributed by atoms with Crippen LogP contribution in [0.25, 0.3) is 0 Å². The molecule has 2 amide bonds. The fourth-order valence-electron chi connectivity index (χ4n) is 1.83. The van der Waals surface area contributed by atoms with E-state index in [0.717, 1.165) is 12.5 Å². The lowest BCUT2D eigenvalue weighted by Crippen LogP contribution is -2.45. The van der Waals surface area contributed by atoms with Gasteiger partial charge in [0.15, 0.2) is 5.75 Å². The first-order chi connectivity index (χ1) is 10.9. The molecule has 0 saturated heterocycles. The molecular formula is C15H21N3O5. The third-order valence-electron chi connectivity index (χ3n) is 3.01. The molecule has 0 spiro atoms. The quantitative estimate of drug-likeness (QED) is 0.558. The molecule has 1 aromatic carbocycles. The lowest BCUT2D eigenvalue weighted by atomic mass is 10.1. The summed E-state index contributed by atoms with van der Waals surface area (Å²) >= 11 is 0. The van der Waals surface area contributed by atoms with Crippen molar-refractivity contribution in [2.24, 2.45) is 0 Å². The third kappa shape index (κ3) is 5.24. The van der Waals surface area contributed by atoms with E-state index in [2.05, 4.69) is 10.6 Å². The van der Waals surface area contributed by atoms with Gasteiger partial charge in [0.25, 0.3) is 5.91 Å². The molecule has 8 heteroatoms. The van der Waals surface area contributed by atoms with Crippen LogP contribution in [0.4, 0.5) is 5.69 Å². The molecule has 1 aromatic rings. The largest absolute Gasteiger partial charge is 0.487 e. The van der Waals surface area contributed by atoms with Crippen LogP contribution < -0.4 is 15.4 Å². The van der Waals surface area contributed by atoms with Crippen molar-refractivity contribution in [2.75, 3.05) is 13.2 Å². The monoisotopic (exact) mass is 323 g/mol. The molecule has 0 aliphatic carbocycles. The number of carbonyl (C=O) groups is 2. The predicted molar refractivity (Wildman–Crippen MR) is 84.5 cm³/mol. The summed E-state index contributed by atoms with van der Waals surface area (Å²) in [7, 11) is 0. The van der Waals surface area contributed by atoms with Gasteiger partial charge in [-0.15, -0.1) is 0 Å². The summed E-state index contributed by atoms with van der Waals surface area (Å²) in [4.78, 5) is 34.3. The van der Waals surface area contributed by atoms with Gasteiger partial charge in [0, 0.05) is 18.2 Å². The van der Waals surface area contributed by atoms with E-state index in [9.17, 15) is 19.7 Å². The van der Waals surface area contributed by atoms with E-state index in [1.54, 1.807) is 13.8 Å². The molecule has 0 fully saturated rings. The Morgan fingerprint density at radius 2 is 2.04 bits per heavy atom.